The average Bonchev–Trinajstić information content (AvgIpc) is 2.20. The number of anilines is 1. The number of hydrogen-bond donors (Lipinski definition) is 1. The molecule has 0 bridgehead atoms. The molecule has 1 amide bonds. The molecule has 0 aliphatic heterocycles. The standard InChI is InChI=1S/C11H13ClN2O/c1-3-4-5-10(15)14-9-6-8(2)7-13-11(9)12/h3,6-7H,1,4-5H2,2H3,(H,14,15). The molecule has 0 aliphatic carbocycles. The lowest BCUT2D eigenvalue weighted by molar-refractivity contribution is -0.116. The highest BCUT2D eigenvalue weighted by atomic mass is 35.5. The fraction of sp³-hybridized carbons (Fsp3) is 0.273. The van der Waals surface area contributed by atoms with Crippen molar-refractivity contribution in [1.82, 2.24) is 4.98 Å². The minimum Gasteiger partial charge on any atom is -0.323 e. The van der Waals surface area contributed by atoms with Crippen LogP contribution in [0.15, 0.2) is 24.9 Å². The Balaban J connectivity index is 2.67. The monoisotopic (exact) mass is 224 g/mol. The van der Waals surface area contributed by atoms with Crippen LogP contribution in [0.25, 0.3) is 0 Å². The van der Waals surface area contributed by atoms with Crippen molar-refractivity contribution in [2.24, 2.45) is 0 Å². The van der Waals surface area contributed by atoms with E-state index in [0.29, 0.717) is 23.7 Å². The lowest BCUT2D eigenvalue weighted by Gasteiger charge is -2.06. The lowest BCUT2D eigenvalue weighted by Crippen LogP contribution is -2.11. The van der Waals surface area contributed by atoms with Gasteiger partial charge in [0.1, 0.15) is 0 Å². The van der Waals surface area contributed by atoms with Crippen molar-refractivity contribution in [2.75, 3.05) is 5.32 Å². The van der Waals surface area contributed by atoms with Crippen molar-refractivity contribution in [3.63, 3.8) is 0 Å². The van der Waals surface area contributed by atoms with Crippen molar-refractivity contribution in [1.29, 1.82) is 0 Å². The van der Waals surface area contributed by atoms with E-state index in [2.05, 4.69) is 16.9 Å². The van der Waals surface area contributed by atoms with E-state index in [1.165, 1.54) is 0 Å². The number of halogens is 1. The molecule has 0 fully saturated rings. The van der Waals surface area contributed by atoms with Gasteiger partial charge in [-0.25, -0.2) is 4.98 Å². The smallest absolute Gasteiger partial charge is 0.224 e. The molecule has 0 radical (unpaired) electrons. The first-order valence-electron chi connectivity index (χ1n) is 4.66. The van der Waals surface area contributed by atoms with Gasteiger partial charge in [-0.15, -0.1) is 6.58 Å². The van der Waals surface area contributed by atoms with Crippen LogP contribution >= 0.6 is 11.6 Å². The molecule has 15 heavy (non-hydrogen) atoms. The topological polar surface area (TPSA) is 42.0 Å². The largest absolute Gasteiger partial charge is 0.323 e. The zero-order chi connectivity index (χ0) is 11.3. The summed E-state index contributed by atoms with van der Waals surface area (Å²) in [6.45, 7) is 5.44. The zero-order valence-electron chi connectivity index (χ0n) is 8.59. The maximum Gasteiger partial charge on any atom is 0.224 e. The molecule has 0 aliphatic rings. The lowest BCUT2D eigenvalue weighted by atomic mass is 10.2. The van der Waals surface area contributed by atoms with Gasteiger partial charge in [-0.05, 0) is 25.0 Å². The molecule has 0 spiro atoms. The molecule has 1 aromatic rings. The number of nitrogens with zero attached hydrogens (tertiary/aromatic N) is 1. The molecule has 0 saturated heterocycles. The second-order valence-electron chi connectivity index (χ2n) is 3.23. The Kier molecular flexibility index (Phi) is 4.31. The van der Waals surface area contributed by atoms with Gasteiger partial charge in [-0.1, -0.05) is 17.7 Å². The van der Waals surface area contributed by atoms with Gasteiger partial charge in [0.25, 0.3) is 0 Å². The van der Waals surface area contributed by atoms with Crippen LogP contribution in [0.4, 0.5) is 5.69 Å². The number of nitrogens with one attached hydrogen (secondary N) is 1. The molecule has 1 rings (SSSR count). The highest BCUT2D eigenvalue weighted by Gasteiger charge is 2.05. The molecular formula is C11H13ClN2O. The minimum atomic E-state index is -0.0794. The number of hydrogen-bond acceptors (Lipinski definition) is 2. The third kappa shape index (κ3) is 3.72. The summed E-state index contributed by atoms with van der Waals surface area (Å²) in [7, 11) is 0. The summed E-state index contributed by atoms with van der Waals surface area (Å²) >= 11 is 5.83. The van der Waals surface area contributed by atoms with Crippen LogP contribution in [-0.2, 0) is 4.79 Å². The van der Waals surface area contributed by atoms with Crippen molar-refractivity contribution >= 4 is 23.2 Å². The van der Waals surface area contributed by atoms with Gasteiger partial charge in [-0.3, -0.25) is 4.79 Å². The number of pyridine rings is 1. The van der Waals surface area contributed by atoms with Gasteiger partial charge in [0.05, 0.1) is 5.69 Å². The van der Waals surface area contributed by atoms with Crippen LogP contribution in [0.3, 0.4) is 0 Å². The number of allylic oxidation sites excluding steroid dienone is 1. The van der Waals surface area contributed by atoms with E-state index in [9.17, 15) is 4.79 Å². The summed E-state index contributed by atoms with van der Waals surface area (Å²) in [5.41, 5.74) is 1.52. The first-order valence-corrected chi connectivity index (χ1v) is 5.04. The Morgan fingerprint density at radius 2 is 2.47 bits per heavy atom. The zero-order valence-corrected chi connectivity index (χ0v) is 9.34. The number of aryl methyl sites for hydroxylation is 1. The molecule has 0 atom stereocenters. The van der Waals surface area contributed by atoms with Gasteiger partial charge >= 0.3 is 0 Å². The van der Waals surface area contributed by atoms with Crippen LogP contribution in [0.2, 0.25) is 5.15 Å². The average molecular weight is 225 g/mol. The van der Waals surface area contributed by atoms with E-state index in [4.69, 9.17) is 11.6 Å². The summed E-state index contributed by atoms with van der Waals surface area (Å²) in [5, 5.41) is 3.02. The summed E-state index contributed by atoms with van der Waals surface area (Å²) in [5.74, 6) is -0.0794. The summed E-state index contributed by atoms with van der Waals surface area (Å²) < 4.78 is 0. The molecule has 0 saturated carbocycles. The molecule has 1 aromatic heterocycles. The van der Waals surface area contributed by atoms with Crippen LogP contribution in [-0.4, -0.2) is 10.9 Å². The van der Waals surface area contributed by atoms with E-state index in [1.807, 2.05) is 6.92 Å². The first kappa shape index (κ1) is 11.7. The van der Waals surface area contributed by atoms with Gasteiger partial charge < -0.3 is 5.32 Å². The quantitative estimate of drug-likeness (QED) is 0.631. The van der Waals surface area contributed by atoms with Crippen molar-refractivity contribution in [3.05, 3.63) is 35.6 Å². The van der Waals surface area contributed by atoms with E-state index in [-0.39, 0.29) is 5.91 Å². The van der Waals surface area contributed by atoms with Gasteiger partial charge in [0.15, 0.2) is 5.15 Å². The highest BCUT2D eigenvalue weighted by Crippen LogP contribution is 2.19. The van der Waals surface area contributed by atoms with Gasteiger partial charge in [0.2, 0.25) is 5.91 Å². The van der Waals surface area contributed by atoms with E-state index >= 15 is 0 Å². The van der Waals surface area contributed by atoms with Crippen LogP contribution < -0.4 is 5.32 Å². The van der Waals surface area contributed by atoms with E-state index in [1.54, 1.807) is 18.3 Å². The molecule has 3 nitrogen and oxygen atoms in total. The molecule has 1 heterocycles. The van der Waals surface area contributed by atoms with Crippen molar-refractivity contribution < 1.29 is 4.79 Å². The summed E-state index contributed by atoms with van der Waals surface area (Å²) in [6, 6.07) is 1.79. The second-order valence-corrected chi connectivity index (χ2v) is 3.58. The van der Waals surface area contributed by atoms with Crippen molar-refractivity contribution in [3.8, 4) is 0 Å². The van der Waals surface area contributed by atoms with Gasteiger partial charge in [0, 0.05) is 12.6 Å². The minimum absolute atomic E-state index is 0.0794. The molecule has 80 valence electrons. The molecule has 1 N–H and O–H groups in total. The number of carbonyl (C=O) groups excluding carboxylic acids is 1. The second kappa shape index (κ2) is 5.51. The summed E-state index contributed by atoms with van der Waals surface area (Å²) in [6.07, 6.45) is 4.42. The summed E-state index contributed by atoms with van der Waals surface area (Å²) in [4.78, 5) is 15.3. The number of amides is 1. The Morgan fingerprint density at radius 3 is 3.13 bits per heavy atom. The molecule has 0 aromatic carbocycles. The predicted octanol–water partition coefficient (Wildman–Crippen LogP) is 2.95. The predicted molar refractivity (Wildman–Crippen MR) is 62.0 cm³/mol. The van der Waals surface area contributed by atoms with Crippen molar-refractivity contribution in [2.45, 2.75) is 19.8 Å². The SMILES string of the molecule is C=CCCC(=O)Nc1cc(C)cnc1Cl. The third-order valence-electron chi connectivity index (χ3n) is 1.83. The van der Waals surface area contributed by atoms with Crippen LogP contribution in [0.5, 0.6) is 0 Å². The maximum absolute atomic E-state index is 11.4. The Labute approximate surface area is 94.2 Å². The Bertz CT molecular complexity index is 377. The first-order chi connectivity index (χ1) is 7.13. The third-order valence-corrected chi connectivity index (χ3v) is 2.13. The fourth-order valence-electron chi connectivity index (χ4n) is 1.09. The Hall–Kier alpha value is -1.35. The fourth-order valence-corrected chi connectivity index (χ4v) is 1.24. The number of aromatic nitrogens is 1. The Morgan fingerprint density at radius 1 is 1.73 bits per heavy atom. The van der Waals surface area contributed by atoms with Crippen LogP contribution in [0, 0.1) is 6.92 Å². The molecule has 0 unspecified atom stereocenters. The molecule has 4 heteroatoms. The van der Waals surface area contributed by atoms with Crippen LogP contribution in [0.1, 0.15) is 18.4 Å². The number of carbonyl (C=O) groups is 1. The van der Waals surface area contributed by atoms with Gasteiger partial charge in [-0.2, -0.15) is 0 Å². The van der Waals surface area contributed by atoms with E-state index in [0.717, 1.165) is 5.56 Å². The molecular weight excluding hydrogens is 212 g/mol. The normalized spacial score (nSPS) is 9.73. The number of rotatable bonds is 4. The maximum atomic E-state index is 11.4. The highest BCUT2D eigenvalue weighted by molar-refractivity contribution is 6.32. The van der Waals surface area contributed by atoms with E-state index < -0.39 is 0 Å².